The van der Waals surface area contributed by atoms with Gasteiger partial charge in [-0.3, -0.25) is 9.59 Å². The van der Waals surface area contributed by atoms with Gasteiger partial charge in [-0.1, -0.05) is 6.92 Å². The first-order valence-corrected chi connectivity index (χ1v) is 13.5. The first kappa shape index (κ1) is 27.5. The molecule has 2 aromatic rings. The average molecular weight is 518 g/mol. The lowest BCUT2D eigenvalue weighted by atomic mass is 9.89. The predicted octanol–water partition coefficient (Wildman–Crippen LogP) is 2.82. The Balaban J connectivity index is 1.73. The maximum atomic E-state index is 13.1. The zero-order chi connectivity index (χ0) is 26.3. The summed E-state index contributed by atoms with van der Waals surface area (Å²) in [6.07, 6.45) is 1.64. The van der Waals surface area contributed by atoms with Crippen molar-refractivity contribution in [3.8, 4) is 11.5 Å². The number of benzene rings is 2. The molecule has 0 spiro atoms. The van der Waals surface area contributed by atoms with E-state index in [0.29, 0.717) is 29.9 Å². The molecule has 2 atom stereocenters. The monoisotopic (exact) mass is 517 g/mol. The van der Waals surface area contributed by atoms with E-state index in [1.165, 1.54) is 23.5 Å². The summed E-state index contributed by atoms with van der Waals surface area (Å²) in [6, 6.07) is 12.1. The van der Waals surface area contributed by atoms with Gasteiger partial charge in [0.05, 0.1) is 19.1 Å². The molecule has 2 N–H and O–H groups in total. The fourth-order valence-electron chi connectivity index (χ4n) is 4.15. The maximum Gasteiger partial charge on any atom is 0.251 e. The van der Waals surface area contributed by atoms with E-state index in [-0.39, 0.29) is 41.8 Å². The molecule has 0 saturated carbocycles. The number of nitrogens with zero attached hydrogens (tertiary/aromatic N) is 1. The highest BCUT2D eigenvalue weighted by atomic mass is 32.2. The SMILES string of the molecule is CC[C@H](C)NC(=O)[C@H](NC(=O)c1ccc(OC)cc1)C1CCN(S(=O)(=O)c2ccc(OC)cc2)CC1. The van der Waals surface area contributed by atoms with Crippen LogP contribution in [0.1, 0.15) is 43.5 Å². The van der Waals surface area contributed by atoms with Crippen molar-refractivity contribution in [3.63, 3.8) is 0 Å². The second-order valence-electron chi connectivity index (χ2n) is 8.91. The van der Waals surface area contributed by atoms with Crippen molar-refractivity contribution < 1.29 is 27.5 Å². The lowest BCUT2D eigenvalue weighted by molar-refractivity contribution is -0.125. The smallest absolute Gasteiger partial charge is 0.251 e. The van der Waals surface area contributed by atoms with Crippen LogP contribution in [0, 0.1) is 5.92 Å². The van der Waals surface area contributed by atoms with Crippen molar-refractivity contribution in [2.24, 2.45) is 5.92 Å². The van der Waals surface area contributed by atoms with Gasteiger partial charge in [0.1, 0.15) is 17.5 Å². The Hall–Kier alpha value is -3.11. The highest BCUT2D eigenvalue weighted by molar-refractivity contribution is 7.89. The van der Waals surface area contributed by atoms with Gasteiger partial charge < -0.3 is 20.1 Å². The minimum atomic E-state index is -3.67. The van der Waals surface area contributed by atoms with Gasteiger partial charge in [-0.2, -0.15) is 4.31 Å². The molecule has 9 nitrogen and oxygen atoms in total. The predicted molar refractivity (Wildman–Crippen MR) is 137 cm³/mol. The van der Waals surface area contributed by atoms with Gasteiger partial charge in [0.2, 0.25) is 15.9 Å². The molecule has 1 aliphatic heterocycles. The van der Waals surface area contributed by atoms with Crippen molar-refractivity contribution >= 4 is 21.8 Å². The molecule has 2 aromatic carbocycles. The highest BCUT2D eigenvalue weighted by Gasteiger charge is 2.36. The van der Waals surface area contributed by atoms with E-state index in [4.69, 9.17) is 9.47 Å². The van der Waals surface area contributed by atoms with Crippen molar-refractivity contribution in [2.75, 3.05) is 27.3 Å². The molecule has 0 unspecified atom stereocenters. The quantitative estimate of drug-likeness (QED) is 0.501. The van der Waals surface area contributed by atoms with Crippen LogP contribution in [0.4, 0.5) is 0 Å². The van der Waals surface area contributed by atoms with Crippen LogP contribution in [0.3, 0.4) is 0 Å². The van der Waals surface area contributed by atoms with Crippen LogP contribution < -0.4 is 20.1 Å². The van der Waals surface area contributed by atoms with Crippen LogP contribution in [0.2, 0.25) is 0 Å². The van der Waals surface area contributed by atoms with Crippen LogP contribution in [0.5, 0.6) is 11.5 Å². The zero-order valence-electron chi connectivity index (χ0n) is 21.2. The van der Waals surface area contributed by atoms with E-state index >= 15 is 0 Å². The fraction of sp³-hybridized carbons (Fsp3) is 0.462. The summed E-state index contributed by atoms with van der Waals surface area (Å²) >= 11 is 0. The Kier molecular flexibility index (Phi) is 9.33. The molecule has 0 radical (unpaired) electrons. The van der Waals surface area contributed by atoms with E-state index in [1.54, 1.807) is 43.5 Å². The lowest BCUT2D eigenvalue weighted by Gasteiger charge is -2.35. The third-order valence-electron chi connectivity index (χ3n) is 6.59. The Morgan fingerprint density at radius 3 is 1.97 bits per heavy atom. The topological polar surface area (TPSA) is 114 Å². The number of carbonyl (C=O) groups is 2. The molecule has 10 heteroatoms. The summed E-state index contributed by atoms with van der Waals surface area (Å²) < 4.78 is 37.9. The average Bonchev–Trinajstić information content (AvgIpc) is 2.91. The van der Waals surface area contributed by atoms with Gasteiger partial charge in [-0.25, -0.2) is 8.42 Å². The molecule has 0 bridgehead atoms. The number of sulfonamides is 1. The number of nitrogens with one attached hydrogen (secondary N) is 2. The highest BCUT2D eigenvalue weighted by Crippen LogP contribution is 2.27. The summed E-state index contributed by atoms with van der Waals surface area (Å²) in [5.41, 5.74) is 0.414. The van der Waals surface area contributed by atoms with Crippen LogP contribution in [0.25, 0.3) is 0 Å². The molecule has 1 saturated heterocycles. The number of hydrogen-bond acceptors (Lipinski definition) is 6. The fourth-order valence-corrected chi connectivity index (χ4v) is 5.62. The standard InChI is InChI=1S/C26H35N3O6S/c1-5-18(2)27-26(31)24(28-25(30)20-6-8-21(34-3)9-7-20)19-14-16-29(17-15-19)36(32,33)23-12-10-22(35-4)11-13-23/h6-13,18-19,24H,5,14-17H2,1-4H3,(H,27,31)(H,28,30)/t18-,24+/m0/s1. The van der Waals surface area contributed by atoms with Gasteiger partial charge in [-0.15, -0.1) is 0 Å². The Morgan fingerprint density at radius 1 is 0.944 bits per heavy atom. The molecule has 1 fully saturated rings. The second kappa shape index (κ2) is 12.2. The molecule has 1 heterocycles. The summed E-state index contributed by atoms with van der Waals surface area (Å²) in [4.78, 5) is 26.3. The first-order valence-electron chi connectivity index (χ1n) is 12.1. The summed E-state index contributed by atoms with van der Waals surface area (Å²) in [7, 11) is -0.603. The first-order chi connectivity index (χ1) is 17.2. The zero-order valence-corrected chi connectivity index (χ0v) is 22.0. The van der Waals surface area contributed by atoms with E-state index in [2.05, 4.69) is 10.6 Å². The second-order valence-corrected chi connectivity index (χ2v) is 10.9. The molecule has 3 rings (SSSR count). The van der Waals surface area contributed by atoms with Crippen LogP contribution in [-0.2, 0) is 14.8 Å². The van der Waals surface area contributed by atoms with Gasteiger partial charge >= 0.3 is 0 Å². The molecule has 2 amide bonds. The van der Waals surface area contributed by atoms with Gasteiger partial charge in [0.25, 0.3) is 5.91 Å². The Morgan fingerprint density at radius 2 is 1.47 bits per heavy atom. The molecule has 196 valence electrons. The molecule has 36 heavy (non-hydrogen) atoms. The van der Waals surface area contributed by atoms with Crippen LogP contribution in [-0.4, -0.2) is 63.9 Å². The number of methoxy groups -OCH3 is 2. The van der Waals surface area contributed by atoms with E-state index in [1.807, 2.05) is 13.8 Å². The molecule has 1 aliphatic rings. The number of rotatable bonds is 10. The van der Waals surface area contributed by atoms with E-state index < -0.39 is 16.1 Å². The Bertz CT molecular complexity index is 1130. The Labute approximate surface area is 213 Å². The number of amides is 2. The van der Waals surface area contributed by atoms with Crippen LogP contribution >= 0.6 is 0 Å². The molecular weight excluding hydrogens is 482 g/mol. The molecular formula is C26H35N3O6S. The van der Waals surface area contributed by atoms with Gasteiger partial charge in [-0.05, 0) is 80.6 Å². The minimum Gasteiger partial charge on any atom is -0.497 e. The van der Waals surface area contributed by atoms with E-state index in [0.717, 1.165) is 6.42 Å². The minimum absolute atomic E-state index is 0.0478. The maximum absolute atomic E-state index is 13.1. The number of ether oxygens (including phenoxy) is 2. The summed E-state index contributed by atoms with van der Waals surface area (Å²) in [6.45, 7) is 4.39. The number of hydrogen-bond donors (Lipinski definition) is 2. The molecule has 0 aromatic heterocycles. The van der Waals surface area contributed by atoms with Gasteiger partial charge in [0.15, 0.2) is 0 Å². The third-order valence-corrected chi connectivity index (χ3v) is 8.50. The largest absolute Gasteiger partial charge is 0.497 e. The van der Waals surface area contributed by atoms with Crippen molar-refractivity contribution in [3.05, 3.63) is 54.1 Å². The van der Waals surface area contributed by atoms with Crippen molar-refractivity contribution in [1.29, 1.82) is 0 Å². The summed E-state index contributed by atoms with van der Waals surface area (Å²) in [5.74, 6) is 0.370. The third kappa shape index (κ3) is 6.55. The van der Waals surface area contributed by atoms with E-state index in [9.17, 15) is 18.0 Å². The normalized spacial score (nSPS) is 16.6. The van der Waals surface area contributed by atoms with Crippen LogP contribution in [0.15, 0.2) is 53.4 Å². The van der Waals surface area contributed by atoms with Crippen molar-refractivity contribution in [2.45, 2.75) is 50.1 Å². The molecule has 0 aliphatic carbocycles. The number of carbonyl (C=O) groups excluding carboxylic acids is 2. The number of piperidine rings is 1. The van der Waals surface area contributed by atoms with Gasteiger partial charge in [0, 0.05) is 24.7 Å². The lowest BCUT2D eigenvalue weighted by Crippen LogP contribution is -2.55. The van der Waals surface area contributed by atoms with Crippen molar-refractivity contribution in [1.82, 2.24) is 14.9 Å². The summed E-state index contributed by atoms with van der Waals surface area (Å²) in [5, 5.41) is 5.86.